The Hall–Kier alpha value is -2.14. The van der Waals surface area contributed by atoms with Gasteiger partial charge in [0.1, 0.15) is 0 Å². The number of hydrogen-bond acceptors (Lipinski definition) is 3. The van der Waals surface area contributed by atoms with Crippen molar-refractivity contribution in [3.63, 3.8) is 0 Å². The normalized spacial score (nSPS) is 10.4. The third kappa shape index (κ3) is 4.51. The Kier molecular flexibility index (Phi) is 5.32. The summed E-state index contributed by atoms with van der Waals surface area (Å²) in [6.45, 7) is 4.02. The minimum Gasteiger partial charge on any atom is -0.325 e. The van der Waals surface area contributed by atoms with Crippen molar-refractivity contribution >= 4 is 11.6 Å². The van der Waals surface area contributed by atoms with Crippen molar-refractivity contribution in [3.05, 3.63) is 48.3 Å². The Bertz CT molecular complexity index is 519. The van der Waals surface area contributed by atoms with E-state index in [1.807, 2.05) is 41.2 Å². The Morgan fingerprint density at radius 3 is 2.75 bits per heavy atom. The summed E-state index contributed by atoms with van der Waals surface area (Å²) in [4.78, 5) is 11.6. The van der Waals surface area contributed by atoms with Gasteiger partial charge in [-0.1, -0.05) is 19.1 Å². The highest BCUT2D eigenvalue weighted by Gasteiger charge is 2.01. The van der Waals surface area contributed by atoms with Gasteiger partial charge < -0.3 is 10.6 Å². The van der Waals surface area contributed by atoms with E-state index in [1.54, 1.807) is 6.20 Å². The summed E-state index contributed by atoms with van der Waals surface area (Å²) in [5.41, 5.74) is 1.97. The van der Waals surface area contributed by atoms with Crippen LogP contribution in [0.4, 0.5) is 5.69 Å². The van der Waals surface area contributed by atoms with Gasteiger partial charge in [0, 0.05) is 18.1 Å². The van der Waals surface area contributed by atoms with Crippen LogP contribution in [-0.2, 0) is 11.3 Å². The predicted octanol–water partition coefficient (Wildman–Crippen LogP) is 1.87. The third-order valence-electron chi connectivity index (χ3n) is 2.85. The molecule has 2 aromatic rings. The van der Waals surface area contributed by atoms with Gasteiger partial charge in [-0.25, -0.2) is 0 Å². The van der Waals surface area contributed by atoms with E-state index in [0.29, 0.717) is 6.54 Å². The van der Waals surface area contributed by atoms with Crippen LogP contribution in [0.3, 0.4) is 0 Å². The summed E-state index contributed by atoms with van der Waals surface area (Å²) in [6.07, 6.45) is 4.71. The molecule has 0 aliphatic heterocycles. The van der Waals surface area contributed by atoms with Crippen molar-refractivity contribution in [1.29, 1.82) is 0 Å². The molecule has 1 amide bonds. The zero-order chi connectivity index (χ0) is 14.2. The standard InChI is InChI=1S/C15H20N4O/c1-2-8-16-11-15(20)18-14-6-4-13(5-7-14)12-19-10-3-9-17-19/h3-7,9-10,16H,2,8,11-12H2,1H3,(H,18,20). The quantitative estimate of drug-likeness (QED) is 0.756. The fourth-order valence-electron chi connectivity index (χ4n) is 1.86. The molecule has 0 fully saturated rings. The second-order valence-electron chi connectivity index (χ2n) is 4.63. The lowest BCUT2D eigenvalue weighted by Gasteiger charge is -2.07. The lowest BCUT2D eigenvalue weighted by atomic mass is 10.2. The van der Waals surface area contributed by atoms with E-state index in [2.05, 4.69) is 22.7 Å². The number of nitrogens with zero attached hydrogens (tertiary/aromatic N) is 2. The van der Waals surface area contributed by atoms with Crippen molar-refractivity contribution in [2.45, 2.75) is 19.9 Å². The van der Waals surface area contributed by atoms with Crippen LogP contribution >= 0.6 is 0 Å². The van der Waals surface area contributed by atoms with Gasteiger partial charge in [0.25, 0.3) is 0 Å². The minimum atomic E-state index is -0.0155. The molecule has 2 N–H and O–H groups in total. The lowest BCUT2D eigenvalue weighted by Crippen LogP contribution is -2.28. The number of aromatic nitrogens is 2. The molecular weight excluding hydrogens is 252 g/mol. The Morgan fingerprint density at radius 2 is 2.10 bits per heavy atom. The number of benzene rings is 1. The van der Waals surface area contributed by atoms with Crippen molar-refractivity contribution in [2.75, 3.05) is 18.4 Å². The van der Waals surface area contributed by atoms with E-state index in [-0.39, 0.29) is 5.91 Å². The summed E-state index contributed by atoms with van der Waals surface area (Å²) >= 11 is 0. The zero-order valence-corrected chi connectivity index (χ0v) is 11.7. The smallest absolute Gasteiger partial charge is 0.238 e. The number of carbonyl (C=O) groups is 1. The van der Waals surface area contributed by atoms with Gasteiger partial charge in [-0.2, -0.15) is 5.10 Å². The zero-order valence-electron chi connectivity index (χ0n) is 11.7. The predicted molar refractivity (Wildman–Crippen MR) is 79.6 cm³/mol. The largest absolute Gasteiger partial charge is 0.325 e. The molecule has 1 heterocycles. The fraction of sp³-hybridized carbons (Fsp3) is 0.333. The fourth-order valence-corrected chi connectivity index (χ4v) is 1.86. The number of rotatable bonds is 7. The molecule has 0 saturated heterocycles. The second kappa shape index (κ2) is 7.45. The van der Waals surface area contributed by atoms with Crippen molar-refractivity contribution in [3.8, 4) is 0 Å². The first-order valence-electron chi connectivity index (χ1n) is 6.85. The van der Waals surface area contributed by atoms with E-state index < -0.39 is 0 Å². The maximum atomic E-state index is 11.6. The average Bonchev–Trinajstić information content (AvgIpc) is 2.94. The third-order valence-corrected chi connectivity index (χ3v) is 2.85. The molecule has 0 saturated carbocycles. The molecule has 5 nitrogen and oxygen atoms in total. The van der Waals surface area contributed by atoms with Gasteiger partial charge in [0.05, 0.1) is 13.1 Å². The number of nitrogens with one attached hydrogen (secondary N) is 2. The van der Waals surface area contributed by atoms with E-state index >= 15 is 0 Å². The van der Waals surface area contributed by atoms with E-state index in [4.69, 9.17) is 0 Å². The van der Waals surface area contributed by atoms with Crippen LogP contribution < -0.4 is 10.6 Å². The summed E-state index contributed by atoms with van der Waals surface area (Å²) in [7, 11) is 0. The van der Waals surface area contributed by atoms with Crippen LogP contribution in [0.1, 0.15) is 18.9 Å². The molecule has 0 unspecified atom stereocenters. The average molecular weight is 272 g/mol. The number of anilines is 1. The first-order valence-corrected chi connectivity index (χ1v) is 6.85. The van der Waals surface area contributed by atoms with Crippen LogP contribution in [0.2, 0.25) is 0 Å². The van der Waals surface area contributed by atoms with Gasteiger partial charge >= 0.3 is 0 Å². The maximum Gasteiger partial charge on any atom is 0.238 e. The molecule has 0 atom stereocenters. The molecule has 106 valence electrons. The van der Waals surface area contributed by atoms with Crippen LogP contribution in [0.15, 0.2) is 42.7 Å². The number of hydrogen-bond donors (Lipinski definition) is 2. The van der Waals surface area contributed by atoms with Gasteiger partial charge in [0.15, 0.2) is 0 Å². The van der Waals surface area contributed by atoms with Crippen LogP contribution in [0.25, 0.3) is 0 Å². The summed E-state index contributed by atoms with van der Waals surface area (Å²) in [5, 5.41) is 10.1. The second-order valence-corrected chi connectivity index (χ2v) is 4.63. The summed E-state index contributed by atoms with van der Waals surface area (Å²) in [6, 6.07) is 9.72. The van der Waals surface area contributed by atoms with Gasteiger partial charge in [0.2, 0.25) is 5.91 Å². The van der Waals surface area contributed by atoms with E-state index in [0.717, 1.165) is 30.8 Å². The van der Waals surface area contributed by atoms with Crippen LogP contribution in [0, 0.1) is 0 Å². The molecule has 20 heavy (non-hydrogen) atoms. The van der Waals surface area contributed by atoms with Crippen molar-refractivity contribution < 1.29 is 4.79 Å². The summed E-state index contributed by atoms with van der Waals surface area (Å²) in [5.74, 6) is -0.0155. The molecule has 0 radical (unpaired) electrons. The molecule has 1 aromatic carbocycles. The number of amides is 1. The molecule has 0 spiro atoms. The summed E-state index contributed by atoms with van der Waals surface area (Å²) < 4.78 is 1.86. The number of carbonyl (C=O) groups excluding carboxylic acids is 1. The SMILES string of the molecule is CCCNCC(=O)Nc1ccc(Cn2cccn2)cc1. The van der Waals surface area contributed by atoms with Crippen molar-refractivity contribution in [2.24, 2.45) is 0 Å². The van der Waals surface area contributed by atoms with E-state index in [1.165, 1.54) is 0 Å². The molecule has 2 rings (SSSR count). The lowest BCUT2D eigenvalue weighted by molar-refractivity contribution is -0.115. The highest BCUT2D eigenvalue weighted by Crippen LogP contribution is 2.10. The highest BCUT2D eigenvalue weighted by molar-refractivity contribution is 5.92. The van der Waals surface area contributed by atoms with Crippen molar-refractivity contribution in [1.82, 2.24) is 15.1 Å². The Labute approximate surface area is 119 Å². The molecule has 0 bridgehead atoms. The molecular formula is C15H20N4O. The first-order chi connectivity index (χ1) is 9.78. The molecule has 0 aliphatic carbocycles. The van der Waals surface area contributed by atoms with Crippen LogP contribution in [-0.4, -0.2) is 28.8 Å². The monoisotopic (exact) mass is 272 g/mol. The maximum absolute atomic E-state index is 11.6. The minimum absolute atomic E-state index is 0.0155. The van der Waals surface area contributed by atoms with Gasteiger partial charge in [-0.3, -0.25) is 9.48 Å². The topological polar surface area (TPSA) is 59.0 Å². The Balaban J connectivity index is 1.83. The van der Waals surface area contributed by atoms with Gasteiger partial charge in [-0.15, -0.1) is 0 Å². The van der Waals surface area contributed by atoms with Gasteiger partial charge in [-0.05, 0) is 36.7 Å². The highest BCUT2D eigenvalue weighted by atomic mass is 16.1. The van der Waals surface area contributed by atoms with E-state index in [9.17, 15) is 4.79 Å². The molecule has 5 heteroatoms. The Morgan fingerprint density at radius 1 is 1.30 bits per heavy atom. The molecule has 1 aromatic heterocycles. The first kappa shape index (κ1) is 14.3. The van der Waals surface area contributed by atoms with Crippen LogP contribution in [0.5, 0.6) is 0 Å². The molecule has 0 aliphatic rings.